The van der Waals surface area contributed by atoms with Crippen molar-refractivity contribution in [2.75, 3.05) is 0 Å². The second-order valence-electron chi connectivity index (χ2n) is 11.3. The summed E-state index contributed by atoms with van der Waals surface area (Å²) in [6.45, 7) is 12.1. The van der Waals surface area contributed by atoms with Crippen molar-refractivity contribution in [2.45, 2.75) is 91.3 Å². The van der Waals surface area contributed by atoms with Gasteiger partial charge in [0.25, 0.3) is 0 Å². The third-order valence-electron chi connectivity index (χ3n) is 8.82. The van der Waals surface area contributed by atoms with E-state index < -0.39 is 8.32 Å². The van der Waals surface area contributed by atoms with Gasteiger partial charge in [-0.15, -0.1) is 0 Å². The molecule has 0 N–H and O–H groups in total. The Labute approximate surface area is 162 Å². The molecule has 4 aliphatic carbocycles. The smallest absolute Gasteiger partial charge is 0.241 e. The maximum atomic E-state index is 6.06. The molecule has 3 saturated carbocycles. The second kappa shape index (κ2) is 6.53. The molecule has 0 aromatic heterocycles. The third-order valence-corrected chi connectivity index (χ3v) is 9.67. The first-order valence-electron chi connectivity index (χ1n) is 11.3. The lowest BCUT2D eigenvalue weighted by Gasteiger charge is -2.57. The van der Waals surface area contributed by atoms with Crippen molar-refractivity contribution < 1.29 is 4.43 Å². The van der Waals surface area contributed by atoms with Crippen LogP contribution in [-0.2, 0) is 4.43 Å². The van der Waals surface area contributed by atoms with Gasteiger partial charge < -0.3 is 4.43 Å². The summed E-state index contributed by atoms with van der Waals surface area (Å²) in [6, 6.07) is 0. The first-order chi connectivity index (χ1) is 12.2. The molecule has 0 aromatic carbocycles. The first-order valence-corrected chi connectivity index (χ1v) is 14.7. The Morgan fingerprint density at radius 1 is 1.04 bits per heavy atom. The van der Waals surface area contributed by atoms with E-state index in [4.69, 9.17) is 4.43 Å². The first kappa shape index (κ1) is 18.8. The Bertz CT molecular complexity index is 600. The normalized spacial score (nSPS) is 45.7. The van der Waals surface area contributed by atoms with Gasteiger partial charge in [-0.1, -0.05) is 31.9 Å². The fourth-order valence-electron chi connectivity index (χ4n) is 7.39. The molecule has 1 nitrogen and oxygen atoms in total. The molecule has 6 atom stereocenters. The van der Waals surface area contributed by atoms with Crippen LogP contribution < -0.4 is 0 Å². The number of hydrogen-bond acceptors (Lipinski definition) is 1. The number of allylic oxidation sites excluding steroid dienone is 3. The fourth-order valence-corrected chi connectivity index (χ4v) is 7.88. The highest BCUT2D eigenvalue weighted by atomic mass is 28.4. The molecule has 0 aromatic rings. The maximum absolute atomic E-state index is 6.06. The van der Waals surface area contributed by atoms with Crippen LogP contribution in [0.2, 0.25) is 19.6 Å². The minimum atomic E-state index is -1.45. The Kier molecular flexibility index (Phi) is 4.73. The zero-order valence-electron chi connectivity index (χ0n) is 17.8. The van der Waals surface area contributed by atoms with Crippen molar-refractivity contribution >= 4 is 8.32 Å². The van der Waals surface area contributed by atoms with Crippen LogP contribution in [0.15, 0.2) is 24.0 Å². The van der Waals surface area contributed by atoms with Crippen LogP contribution in [-0.4, -0.2) is 8.32 Å². The van der Waals surface area contributed by atoms with E-state index >= 15 is 0 Å². The Hall–Kier alpha value is -0.503. The Morgan fingerprint density at radius 3 is 2.62 bits per heavy atom. The predicted molar refractivity (Wildman–Crippen MR) is 113 cm³/mol. The zero-order valence-corrected chi connectivity index (χ0v) is 18.8. The third kappa shape index (κ3) is 3.04. The summed E-state index contributed by atoms with van der Waals surface area (Å²) in [5.74, 6) is 3.56. The van der Waals surface area contributed by atoms with E-state index in [2.05, 4.69) is 51.9 Å². The summed E-state index contributed by atoms with van der Waals surface area (Å²) in [6.07, 6.45) is 20.1. The highest BCUT2D eigenvalue weighted by Crippen LogP contribution is 2.66. The summed E-state index contributed by atoms with van der Waals surface area (Å²) < 4.78 is 6.06. The molecule has 146 valence electrons. The largest absolute Gasteiger partial charge is 0.550 e. The van der Waals surface area contributed by atoms with Crippen molar-refractivity contribution in [1.29, 1.82) is 0 Å². The van der Waals surface area contributed by atoms with Crippen molar-refractivity contribution in [3.63, 3.8) is 0 Å². The summed E-state index contributed by atoms with van der Waals surface area (Å²) in [7, 11) is -1.45. The van der Waals surface area contributed by atoms with E-state index in [1.54, 1.807) is 0 Å². The SMILES string of the molecule is C[C@]12CC[C@H]3[C@@H](CC=C4CCCC[C@@]43C)[C@@H]1CC[C@@H]2C=CO[Si](C)(C)C. The van der Waals surface area contributed by atoms with E-state index in [1.807, 2.05) is 5.57 Å². The molecule has 0 amide bonds. The molecule has 0 heterocycles. The number of rotatable bonds is 3. The van der Waals surface area contributed by atoms with Crippen LogP contribution in [0.1, 0.15) is 71.6 Å². The summed E-state index contributed by atoms with van der Waals surface area (Å²) in [5, 5.41) is 0. The van der Waals surface area contributed by atoms with Gasteiger partial charge in [0.2, 0.25) is 8.32 Å². The van der Waals surface area contributed by atoms with Crippen molar-refractivity contribution in [2.24, 2.45) is 34.5 Å². The lowest BCUT2D eigenvalue weighted by atomic mass is 9.47. The average Bonchev–Trinajstić information content (AvgIpc) is 2.90. The van der Waals surface area contributed by atoms with Crippen molar-refractivity contribution in [3.8, 4) is 0 Å². The quantitative estimate of drug-likeness (QED) is 0.286. The molecular formula is C24H40OSi. The molecule has 0 bridgehead atoms. The average molecular weight is 373 g/mol. The van der Waals surface area contributed by atoms with Gasteiger partial charge in [-0.05, 0) is 112 Å². The van der Waals surface area contributed by atoms with Gasteiger partial charge in [-0.2, -0.15) is 0 Å². The fraction of sp³-hybridized carbons (Fsp3) is 0.833. The molecule has 0 saturated heterocycles. The highest BCUT2D eigenvalue weighted by Gasteiger charge is 2.57. The van der Waals surface area contributed by atoms with Gasteiger partial charge in [0.05, 0.1) is 6.26 Å². The van der Waals surface area contributed by atoms with Crippen LogP contribution in [0.3, 0.4) is 0 Å². The standard InChI is InChI=1S/C24H40OSi/c1-23-15-7-6-8-18(23)9-11-20-21-12-10-19(14-17-25-26(3,4)5)24(21,2)16-13-22(20)23/h9,14,17,19-22H,6-8,10-13,15-16H2,1-5H3/t19-,20+,21+,22+,23+,24-/m1/s1. The molecule has 2 heteroatoms. The molecule has 0 unspecified atom stereocenters. The van der Waals surface area contributed by atoms with Crippen LogP contribution in [0, 0.1) is 34.5 Å². The monoisotopic (exact) mass is 372 g/mol. The molecule has 4 aliphatic rings. The maximum Gasteiger partial charge on any atom is 0.241 e. The highest BCUT2D eigenvalue weighted by molar-refractivity contribution is 6.69. The van der Waals surface area contributed by atoms with Gasteiger partial charge >= 0.3 is 0 Å². The minimum Gasteiger partial charge on any atom is -0.550 e. The van der Waals surface area contributed by atoms with Crippen LogP contribution in [0.5, 0.6) is 0 Å². The van der Waals surface area contributed by atoms with Crippen molar-refractivity contribution in [1.82, 2.24) is 0 Å². The summed E-state index contributed by atoms with van der Waals surface area (Å²) in [5.41, 5.74) is 2.89. The molecule has 3 fully saturated rings. The molecule has 0 aliphatic heterocycles. The van der Waals surface area contributed by atoms with E-state index in [-0.39, 0.29) is 0 Å². The lowest BCUT2D eigenvalue weighted by Crippen LogP contribution is -2.49. The van der Waals surface area contributed by atoms with E-state index in [9.17, 15) is 0 Å². The predicted octanol–water partition coefficient (Wildman–Crippen LogP) is 7.32. The van der Waals surface area contributed by atoms with E-state index in [0.717, 1.165) is 23.7 Å². The van der Waals surface area contributed by atoms with Gasteiger partial charge in [0.1, 0.15) is 0 Å². The Morgan fingerprint density at radius 2 is 1.85 bits per heavy atom. The molecule has 0 spiro atoms. The number of hydrogen-bond donors (Lipinski definition) is 0. The molecule has 26 heavy (non-hydrogen) atoms. The number of fused-ring (bicyclic) bond motifs is 5. The molecule has 4 rings (SSSR count). The van der Waals surface area contributed by atoms with E-state index in [1.165, 1.54) is 57.8 Å². The van der Waals surface area contributed by atoms with Gasteiger partial charge in [-0.3, -0.25) is 0 Å². The zero-order chi connectivity index (χ0) is 18.6. The topological polar surface area (TPSA) is 9.23 Å². The second-order valence-corrected chi connectivity index (χ2v) is 15.7. The minimum absolute atomic E-state index is 0.511. The van der Waals surface area contributed by atoms with Gasteiger partial charge in [-0.25, -0.2) is 0 Å². The summed E-state index contributed by atoms with van der Waals surface area (Å²) in [4.78, 5) is 0. The van der Waals surface area contributed by atoms with Crippen molar-refractivity contribution in [3.05, 3.63) is 24.0 Å². The molecule has 0 radical (unpaired) electrons. The van der Waals surface area contributed by atoms with Gasteiger partial charge in [0, 0.05) is 0 Å². The lowest BCUT2D eigenvalue weighted by molar-refractivity contribution is -0.0348. The Balaban J connectivity index is 1.54. The molecular weight excluding hydrogens is 332 g/mol. The van der Waals surface area contributed by atoms with Crippen LogP contribution in [0.25, 0.3) is 0 Å². The van der Waals surface area contributed by atoms with Crippen LogP contribution in [0.4, 0.5) is 0 Å². The van der Waals surface area contributed by atoms with E-state index in [0.29, 0.717) is 10.8 Å². The van der Waals surface area contributed by atoms with Crippen LogP contribution >= 0.6 is 0 Å². The summed E-state index contributed by atoms with van der Waals surface area (Å²) >= 11 is 0. The van der Waals surface area contributed by atoms with Gasteiger partial charge in [0.15, 0.2) is 0 Å².